The first kappa shape index (κ1) is 25.8. The van der Waals surface area contributed by atoms with Gasteiger partial charge < -0.3 is 16.0 Å². The maximum atomic E-state index is 13.4. The minimum atomic E-state index is -0.467. The first-order valence-corrected chi connectivity index (χ1v) is 11.8. The number of fused-ring (bicyclic) bond motifs is 1. The summed E-state index contributed by atoms with van der Waals surface area (Å²) in [6.07, 6.45) is 4.33. The monoisotopic (exact) mass is 506 g/mol. The zero-order chi connectivity index (χ0) is 26.7. The molecular formula is C25H30N8O4. The van der Waals surface area contributed by atoms with E-state index in [0.717, 1.165) is 29.0 Å². The number of carbonyl (C=O) groups excluding carboxylic acids is 3. The molecular weight excluding hydrogens is 476 g/mol. The maximum absolute atomic E-state index is 13.4. The van der Waals surface area contributed by atoms with Gasteiger partial charge in [0.2, 0.25) is 11.8 Å². The molecule has 0 unspecified atom stereocenters. The number of anilines is 2. The molecule has 1 saturated heterocycles. The standard InChI is InChI=1S/C25H30N8O4/c1-5-19(34)32-10-6-7-17(13-32)33-24-21(23(26)27-14-28-24)22(30-33)25(36)29-18-9-8-16(11-15(18)2)12-20(35)31(3)37-4/h5,8-9,11,14,17H,1,6-7,10,12-13H2,2-4H3,(H,29,36)(H2,26,27,28)/t17-/m1/s1. The Kier molecular flexibility index (Phi) is 7.48. The lowest BCUT2D eigenvalue weighted by molar-refractivity contribution is -0.167. The third-order valence-electron chi connectivity index (χ3n) is 6.48. The number of benzene rings is 1. The number of carbonyl (C=O) groups is 3. The fraction of sp³-hybridized carbons (Fsp3) is 0.360. The molecule has 0 radical (unpaired) electrons. The summed E-state index contributed by atoms with van der Waals surface area (Å²) in [7, 11) is 2.97. The molecule has 12 heteroatoms. The molecule has 1 atom stereocenters. The fourth-order valence-electron chi connectivity index (χ4n) is 4.44. The van der Waals surface area contributed by atoms with E-state index in [0.29, 0.717) is 29.8 Å². The molecule has 3 aromatic rings. The molecule has 37 heavy (non-hydrogen) atoms. The first-order chi connectivity index (χ1) is 17.7. The molecule has 1 aliphatic rings. The number of hydrogen-bond donors (Lipinski definition) is 2. The zero-order valence-electron chi connectivity index (χ0n) is 21.1. The summed E-state index contributed by atoms with van der Waals surface area (Å²) in [6.45, 7) is 6.46. The topological polar surface area (TPSA) is 149 Å². The van der Waals surface area contributed by atoms with Crippen LogP contribution >= 0.6 is 0 Å². The van der Waals surface area contributed by atoms with Gasteiger partial charge in [0, 0.05) is 25.8 Å². The van der Waals surface area contributed by atoms with Crippen LogP contribution in [0.25, 0.3) is 11.0 Å². The Morgan fingerprint density at radius 3 is 2.81 bits per heavy atom. The Hall–Kier alpha value is -4.32. The van der Waals surface area contributed by atoms with E-state index in [1.54, 1.807) is 28.8 Å². The fourth-order valence-corrected chi connectivity index (χ4v) is 4.44. The van der Waals surface area contributed by atoms with Gasteiger partial charge in [-0.3, -0.25) is 19.2 Å². The summed E-state index contributed by atoms with van der Waals surface area (Å²) in [5.74, 6) is -0.666. The minimum Gasteiger partial charge on any atom is -0.383 e. The number of amides is 3. The molecule has 4 rings (SSSR count). The van der Waals surface area contributed by atoms with E-state index in [9.17, 15) is 14.4 Å². The molecule has 0 spiro atoms. The molecule has 3 amide bonds. The first-order valence-electron chi connectivity index (χ1n) is 11.8. The average Bonchev–Trinajstić information content (AvgIpc) is 3.30. The predicted octanol–water partition coefficient (Wildman–Crippen LogP) is 1.88. The number of hydrogen-bond acceptors (Lipinski definition) is 8. The second-order valence-electron chi connectivity index (χ2n) is 8.89. The minimum absolute atomic E-state index is 0.0978. The van der Waals surface area contributed by atoms with E-state index >= 15 is 0 Å². The van der Waals surface area contributed by atoms with Gasteiger partial charge in [-0.2, -0.15) is 5.10 Å². The number of rotatable bonds is 7. The van der Waals surface area contributed by atoms with Gasteiger partial charge in [0.25, 0.3) is 5.91 Å². The van der Waals surface area contributed by atoms with Gasteiger partial charge in [-0.1, -0.05) is 18.7 Å². The van der Waals surface area contributed by atoms with Crippen molar-refractivity contribution < 1.29 is 19.2 Å². The lowest BCUT2D eigenvalue weighted by Crippen LogP contribution is -2.40. The molecule has 194 valence electrons. The van der Waals surface area contributed by atoms with Crippen LogP contribution in [0.2, 0.25) is 0 Å². The summed E-state index contributed by atoms with van der Waals surface area (Å²) in [4.78, 5) is 52.8. The van der Waals surface area contributed by atoms with Crippen molar-refractivity contribution in [2.75, 3.05) is 38.3 Å². The van der Waals surface area contributed by atoms with E-state index in [2.05, 4.69) is 27.0 Å². The molecule has 1 aromatic carbocycles. The Balaban J connectivity index is 1.61. The highest BCUT2D eigenvalue weighted by molar-refractivity contribution is 6.13. The normalized spacial score (nSPS) is 15.4. The number of hydroxylamine groups is 2. The molecule has 1 aliphatic heterocycles. The van der Waals surface area contributed by atoms with Gasteiger partial charge in [0.05, 0.1) is 25.0 Å². The Bertz CT molecular complexity index is 1370. The van der Waals surface area contributed by atoms with E-state index < -0.39 is 5.91 Å². The smallest absolute Gasteiger partial charge is 0.277 e. The number of likely N-dealkylation sites (tertiary alicyclic amines) is 1. The van der Waals surface area contributed by atoms with Gasteiger partial charge in [-0.05, 0) is 43.0 Å². The number of nitrogens with two attached hydrogens (primary N) is 1. The number of aryl methyl sites for hydroxylation is 1. The van der Waals surface area contributed by atoms with Crippen LogP contribution < -0.4 is 11.1 Å². The highest BCUT2D eigenvalue weighted by Gasteiger charge is 2.29. The lowest BCUT2D eigenvalue weighted by atomic mass is 10.1. The summed E-state index contributed by atoms with van der Waals surface area (Å²) in [5, 5.41) is 9.01. The van der Waals surface area contributed by atoms with Crippen LogP contribution in [0.3, 0.4) is 0 Å². The second-order valence-corrected chi connectivity index (χ2v) is 8.89. The van der Waals surface area contributed by atoms with Gasteiger partial charge in [0.15, 0.2) is 11.3 Å². The van der Waals surface area contributed by atoms with Crippen molar-refractivity contribution in [1.29, 1.82) is 0 Å². The summed E-state index contributed by atoms with van der Waals surface area (Å²) >= 11 is 0. The highest BCUT2D eigenvalue weighted by atomic mass is 16.7. The van der Waals surface area contributed by atoms with Crippen molar-refractivity contribution in [1.82, 2.24) is 29.7 Å². The molecule has 0 aliphatic carbocycles. The third-order valence-corrected chi connectivity index (χ3v) is 6.48. The molecule has 0 bridgehead atoms. The molecule has 3 heterocycles. The number of nitrogens with zero attached hydrogens (tertiary/aromatic N) is 6. The summed E-state index contributed by atoms with van der Waals surface area (Å²) in [5.41, 5.74) is 8.81. The van der Waals surface area contributed by atoms with Crippen molar-refractivity contribution >= 4 is 40.3 Å². The number of likely N-dealkylation sites (N-methyl/N-ethyl adjacent to an activating group) is 1. The van der Waals surface area contributed by atoms with Crippen LogP contribution in [0.4, 0.5) is 11.5 Å². The Morgan fingerprint density at radius 2 is 2.11 bits per heavy atom. The maximum Gasteiger partial charge on any atom is 0.277 e. The van der Waals surface area contributed by atoms with Crippen molar-refractivity contribution in [2.24, 2.45) is 0 Å². The molecule has 0 saturated carbocycles. The van der Waals surface area contributed by atoms with Crippen LogP contribution in [-0.2, 0) is 20.8 Å². The van der Waals surface area contributed by atoms with Crippen LogP contribution in [0, 0.1) is 6.92 Å². The Morgan fingerprint density at radius 1 is 1.32 bits per heavy atom. The highest BCUT2D eigenvalue weighted by Crippen LogP contribution is 2.29. The quantitative estimate of drug-likeness (QED) is 0.364. The number of nitrogen functional groups attached to an aromatic ring is 1. The van der Waals surface area contributed by atoms with Crippen molar-refractivity contribution in [3.63, 3.8) is 0 Å². The van der Waals surface area contributed by atoms with Crippen LogP contribution in [0.1, 0.15) is 40.5 Å². The van der Waals surface area contributed by atoms with E-state index in [1.807, 2.05) is 13.0 Å². The largest absolute Gasteiger partial charge is 0.383 e. The van der Waals surface area contributed by atoms with Gasteiger partial charge in [-0.25, -0.2) is 19.7 Å². The van der Waals surface area contributed by atoms with E-state index in [1.165, 1.54) is 19.5 Å². The molecule has 2 aromatic heterocycles. The molecule has 3 N–H and O–H groups in total. The van der Waals surface area contributed by atoms with Crippen molar-refractivity contribution in [3.05, 3.63) is 54.0 Å². The van der Waals surface area contributed by atoms with Gasteiger partial charge in [-0.15, -0.1) is 0 Å². The molecule has 1 fully saturated rings. The van der Waals surface area contributed by atoms with E-state index in [-0.39, 0.29) is 35.8 Å². The summed E-state index contributed by atoms with van der Waals surface area (Å²) < 4.78 is 1.67. The Labute approximate surface area is 214 Å². The average molecular weight is 507 g/mol. The van der Waals surface area contributed by atoms with Gasteiger partial charge in [0.1, 0.15) is 12.1 Å². The van der Waals surface area contributed by atoms with Crippen LogP contribution in [0.15, 0.2) is 37.2 Å². The van der Waals surface area contributed by atoms with Crippen LogP contribution in [-0.4, -0.2) is 74.7 Å². The van der Waals surface area contributed by atoms with E-state index in [4.69, 9.17) is 10.6 Å². The van der Waals surface area contributed by atoms with Crippen LogP contribution in [0.5, 0.6) is 0 Å². The predicted molar refractivity (Wildman–Crippen MR) is 137 cm³/mol. The summed E-state index contributed by atoms with van der Waals surface area (Å²) in [6, 6.07) is 5.16. The molecule has 12 nitrogen and oxygen atoms in total. The van der Waals surface area contributed by atoms with Gasteiger partial charge >= 0.3 is 0 Å². The SMILES string of the molecule is C=CC(=O)N1CCC[C@@H](n2nc(C(=O)Nc3ccc(CC(=O)N(C)OC)cc3C)c3c(N)ncnc32)C1. The number of aromatic nitrogens is 4. The third kappa shape index (κ3) is 5.28. The lowest BCUT2D eigenvalue weighted by Gasteiger charge is -2.32. The van der Waals surface area contributed by atoms with Crippen molar-refractivity contribution in [3.8, 4) is 0 Å². The number of piperidine rings is 1. The second kappa shape index (κ2) is 10.7. The number of nitrogens with one attached hydrogen (secondary N) is 1. The zero-order valence-corrected chi connectivity index (χ0v) is 21.1. The van der Waals surface area contributed by atoms with Crippen molar-refractivity contribution in [2.45, 2.75) is 32.2 Å².